The molecule has 0 amide bonds. The van der Waals surface area contributed by atoms with Crippen molar-refractivity contribution >= 4 is 40.6 Å². The summed E-state index contributed by atoms with van der Waals surface area (Å²) in [5.41, 5.74) is 0. The van der Waals surface area contributed by atoms with Gasteiger partial charge >= 0.3 is 0 Å². The lowest BCUT2D eigenvalue weighted by Gasteiger charge is -2.16. The van der Waals surface area contributed by atoms with Crippen molar-refractivity contribution < 1.29 is 18.9 Å². The van der Waals surface area contributed by atoms with E-state index < -0.39 is 0 Å². The molecule has 24 heavy (non-hydrogen) atoms. The molecule has 0 bridgehead atoms. The minimum Gasteiger partial charge on any atom is -0.357 e. The van der Waals surface area contributed by atoms with E-state index >= 15 is 0 Å². The summed E-state index contributed by atoms with van der Waals surface area (Å²) in [6.45, 7) is 11.2. The van der Waals surface area contributed by atoms with E-state index in [0.717, 1.165) is 26.4 Å². The minimum absolute atomic E-state index is 0.131. The van der Waals surface area contributed by atoms with E-state index in [1.54, 1.807) is 0 Å². The van der Waals surface area contributed by atoms with Crippen LogP contribution in [0.1, 0.15) is 40.5 Å². The highest BCUT2D eigenvalue weighted by Crippen LogP contribution is 2.24. The third-order valence-corrected chi connectivity index (χ3v) is 9.61. The molecule has 0 aromatic rings. The predicted molar refractivity (Wildman–Crippen MR) is 115 cm³/mol. The number of rotatable bonds is 19. The summed E-state index contributed by atoms with van der Waals surface area (Å²) in [4.78, 5) is 0. The van der Waals surface area contributed by atoms with Gasteiger partial charge in [-0.1, -0.05) is 33.7 Å². The van der Waals surface area contributed by atoms with Crippen molar-refractivity contribution in [3.63, 3.8) is 0 Å². The van der Waals surface area contributed by atoms with Gasteiger partial charge in [0, 0.05) is 37.9 Å². The molecule has 0 heterocycles. The maximum Gasteiger partial charge on any atom is 0.134 e. The number of hydrogen-bond acceptors (Lipinski definition) is 6. The van der Waals surface area contributed by atoms with E-state index in [-0.39, 0.29) is 30.9 Å². The zero-order valence-electron chi connectivity index (χ0n) is 16.1. The molecule has 8 heteroatoms. The Bertz CT molecular complexity index is 218. The highest BCUT2D eigenvalue weighted by molar-refractivity contribution is 8.76. The predicted octanol–water partition coefficient (Wildman–Crippen LogP) is 3.04. The van der Waals surface area contributed by atoms with Crippen LogP contribution in [-0.4, -0.2) is 68.8 Å². The van der Waals surface area contributed by atoms with Crippen LogP contribution < -0.4 is 0 Å². The summed E-state index contributed by atoms with van der Waals surface area (Å²) < 4.78 is 22.5. The molecule has 0 radical (unpaired) electrons. The summed E-state index contributed by atoms with van der Waals surface area (Å²) >= 11 is 0. The second kappa shape index (κ2) is 20.3. The quantitative estimate of drug-likeness (QED) is 0.140. The third kappa shape index (κ3) is 16.4. The average molecular weight is 415 g/mol. The van der Waals surface area contributed by atoms with Crippen LogP contribution in [0, 0.1) is 0 Å². The fraction of sp³-hybridized carbons (Fsp3) is 1.00. The lowest BCUT2D eigenvalue weighted by molar-refractivity contribution is -0.0829. The van der Waals surface area contributed by atoms with Crippen molar-refractivity contribution in [2.75, 3.05) is 37.9 Å². The molecular formula is C16H38O4S2Si2. The Balaban J connectivity index is 3.38. The van der Waals surface area contributed by atoms with Crippen molar-refractivity contribution in [2.24, 2.45) is 0 Å². The molecule has 0 atom stereocenters. The van der Waals surface area contributed by atoms with Gasteiger partial charge in [0.25, 0.3) is 0 Å². The first-order valence-electron chi connectivity index (χ1n) is 9.49. The largest absolute Gasteiger partial charge is 0.357 e. The first-order chi connectivity index (χ1) is 11.8. The van der Waals surface area contributed by atoms with E-state index in [0.29, 0.717) is 0 Å². The van der Waals surface area contributed by atoms with E-state index in [1.165, 1.54) is 36.4 Å². The number of ether oxygens (including phenoxy) is 4. The lowest BCUT2D eigenvalue weighted by Crippen LogP contribution is -2.24. The molecule has 0 saturated carbocycles. The maximum atomic E-state index is 5.62. The van der Waals surface area contributed by atoms with Crippen molar-refractivity contribution in [1.82, 2.24) is 0 Å². The highest BCUT2D eigenvalue weighted by Gasteiger charge is 2.08. The van der Waals surface area contributed by atoms with E-state index in [4.69, 9.17) is 18.9 Å². The van der Waals surface area contributed by atoms with Gasteiger partial charge in [-0.05, 0) is 40.5 Å². The minimum atomic E-state index is -0.253. The summed E-state index contributed by atoms with van der Waals surface area (Å²) in [7, 11) is 3.54. The first-order valence-corrected chi connectivity index (χ1v) is 15.6. The van der Waals surface area contributed by atoms with Crippen molar-refractivity contribution in [3.8, 4) is 0 Å². The monoisotopic (exact) mass is 414 g/mol. The van der Waals surface area contributed by atoms with E-state index in [1.807, 2.05) is 49.3 Å². The molecule has 0 aliphatic rings. The lowest BCUT2D eigenvalue weighted by atomic mass is 10.6. The topological polar surface area (TPSA) is 36.9 Å². The standard InChI is InChI=1S/C16H38O4S2Si2/c1-5-17-15(18-6-2)23-13-9-11-21-22-12-10-14-24-16(19-7-3)20-8-4/h15-16H,5-14,23-24H2,1-4H3. The second-order valence-electron chi connectivity index (χ2n) is 5.32. The summed E-state index contributed by atoms with van der Waals surface area (Å²) in [5.74, 6) is 2.76. The average Bonchev–Trinajstić information content (AvgIpc) is 2.57. The van der Waals surface area contributed by atoms with E-state index in [2.05, 4.69) is 0 Å². The molecule has 0 aliphatic carbocycles. The summed E-state index contributed by atoms with van der Waals surface area (Å²) in [5, 5.41) is 0. The van der Waals surface area contributed by atoms with Crippen LogP contribution in [-0.2, 0) is 18.9 Å². The van der Waals surface area contributed by atoms with Crippen LogP contribution in [0.3, 0.4) is 0 Å². The molecule has 0 aromatic heterocycles. The van der Waals surface area contributed by atoms with Crippen LogP contribution in [0.2, 0.25) is 12.1 Å². The van der Waals surface area contributed by atoms with Gasteiger partial charge in [0.2, 0.25) is 0 Å². The molecule has 0 fully saturated rings. The van der Waals surface area contributed by atoms with Gasteiger partial charge in [-0.3, -0.25) is 0 Å². The smallest absolute Gasteiger partial charge is 0.134 e. The van der Waals surface area contributed by atoms with Crippen molar-refractivity contribution in [3.05, 3.63) is 0 Å². The number of hydrogen-bond donors (Lipinski definition) is 0. The Hall–Kier alpha value is 0.974. The molecule has 0 rings (SSSR count). The Morgan fingerprint density at radius 1 is 0.625 bits per heavy atom. The van der Waals surface area contributed by atoms with E-state index in [9.17, 15) is 0 Å². The van der Waals surface area contributed by atoms with Crippen LogP contribution in [0.5, 0.6) is 0 Å². The molecule has 0 saturated heterocycles. The molecule has 146 valence electrons. The Labute approximate surface area is 161 Å². The zero-order valence-corrected chi connectivity index (χ0v) is 20.6. The molecule has 0 aliphatic heterocycles. The van der Waals surface area contributed by atoms with Crippen LogP contribution in [0.4, 0.5) is 0 Å². The first kappa shape index (κ1) is 25.0. The van der Waals surface area contributed by atoms with Gasteiger partial charge in [0.05, 0.1) is 19.0 Å². The fourth-order valence-electron chi connectivity index (χ4n) is 2.23. The second-order valence-corrected chi connectivity index (χ2v) is 11.9. The van der Waals surface area contributed by atoms with Crippen LogP contribution >= 0.6 is 21.6 Å². The van der Waals surface area contributed by atoms with Gasteiger partial charge in [0.1, 0.15) is 11.8 Å². The zero-order chi connectivity index (χ0) is 17.9. The molecule has 0 N–H and O–H groups in total. The van der Waals surface area contributed by atoms with Gasteiger partial charge < -0.3 is 18.9 Å². The Kier molecular flexibility index (Phi) is 21.1. The van der Waals surface area contributed by atoms with Crippen molar-refractivity contribution in [2.45, 2.75) is 64.5 Å². The normalized spacial score (nSPS) is 12.8. The molecule has 0 unspecified atom stereocenters. The SMILES string of the molecule is CCOC(OCC)[SiH2]CCCSSCCC[SiH2]C(OCC)OCC. The van der Waals surface area contributed by atoms with Gasteiger partial charge in [-0.2, -0.15) is 0 Å². The van der Waals surface area contributed by atoms with Crippen LogP contribution in [0.15, 0.2) is 0 Å². The molecular weight excluding hydrogens is 376 g/mol. The van der Waals surface area contributed by atoms with Gasteiger partial charge in [-0.25, -0.2) is 0 Å². The van der Waals surface area contributed by atoms with Gasteiger partial charge in [-0.15, -0.1) is 0 Å². The molecule has 4 nitrogen and oxygen atoms in total. The van der Waals surface area contributed by atoms with Crippen molar-refractivity contribution in [1.29, 1.82) is 0 Å². The Morgan fingerprint density at radius 3 is 1.25 bits per heavy atom. The van der Waals surface area contributed by atoms with Gasteiger partial charge in [0.15, 0.2) is 0 Å². The summed E-state index contributed by atoms with van der Waals surface area (Å²) in [6.07, 6.45) is 2.60. The van der Waals surface area contributed by atoms with Crippen LogP contribution in [0.25, 0.3) is 0 Å². The maximum absolute atomic E-state index is 5.62. The fourth-order valence-corrected chi connectivity index (χ4v) is 8.61. The summed E-state index contributed by atoms with van der Waals surface area (Å²) in [6, 6.07) is 2.63. The highest BCUT2D eigenvalue weighted by atomic mass is 33.1. The molecule has 0 aromatic carbocycles. The molecule has 0 spiro atoms. The third-order valence-electron chi connectivity index (χ3n) is 3.33. The Morgan fingerprint density at radius 2 is 0.958 bits per heavy atom.